The third-order valence-corrected chi connectivity index (χ3v) is 3.08. The van der Waals surface area contributed by atoms with Crippen molar-refractivity contribution in [3.63, 3.8) is 0 Å². The number of aromatic nitrogens is 1. The molecule has 0 bridgehead atoms. The van der Waals surface area contributed by atoms with Crippen LogP contribution in [-0.2, 0) is 6.42 Å². The predicted molar refractivity (Wildman–Crippen MR) is 67.3 cm³/mol. The number of carboxylic acids is 1. The van der Waals surface area contributed by atoms with Crippen LogP contribution in [0.25, 0.3) is 11.3 Å². The summed E-state index contributed by atoms with van der Waals surface area (Å²) in [6.07, 6.45) is 0.861. The molecule has 3 rings (SSSR count). The van der Waals surface area contributed by atoms with Gasteiger partial charge in [0.05, 0.1) is 0 Å². The molecule has 1 aliphatic heterocycles. The zero-order valence-corrected chi connectivity index (χ0v) is 10.6. The molecule has 0 amide bonds. The van der Waals surface area contributed by atoms with Crippen molar-refractivity contribution in [1.82, 2.24) is 5.16 Å². The molecule has 0 radical (unpaired) electrons. The zero-order chi connectivity index (χ0) is 13.6. The van der Waals surface area contributed by atoms with Gasteiger partial charge in [0.15, 0.2) is 11.5 Å². The first-order valence-electron chi connectivity index (χ1n) is 5.97. The molecule has 0 fully saturated rings. The van der Waals surface area contributed by atoms with Gasteiger partial charge in [0.25, 0.3) is 0 Å². The number of aromatic carboxylic acids is 1. The zero-order valence-electron chi connectivity index (χ0n) is 10.6. The third-order valence-electron chi connectivity index (χ3n) is 3.08. The minimum atomic E-state index is -1.10. The van der Waals surface area contributed by atoms with Gasteiger partial charge >= 0.3 is 5.97 Å². The van der Waals surface area contributed by atoms with E-state index < -0.39 is 5.97 Å². The molecule has 5 heteroatoms. The number of carbonyl (C=O) groups is 1. The summed E-state index contributed by atoms with van der Waals surface area (Å²) >= 11 is 0. The van der Waals surface area contributed by atoms with Crippen molar-refractivity contribution < 1.29 is 19.2 Å². The first-order valence-corrected chi connectivity index (χ1v) is 5.97. The quantitative estimate of drug-likeness (QED) is 0.897. The van der Waals surface area contributed by atoms with Crippen molar-refractivity contribution in [3.05, 3.63) is 35.5 Å². The summed E-state index contributed by atoms with van der Waals surface area (Å²) in [7, 11) is 0. The molecular weight excluding hydrogens is 246 g/mol. The van der Waals surface area contributed by atoms with Gasteiger partial charge in [-0.3, -0.25) is 0 Å². The Hall–Kier alpha value is -2.30. The van der Waals surface area contributed by atoms with E-state index in [1.165, 1.54) is 6.07 Å². The lowest BCUT2D eigenvalue weighted by Gasteiger charge is -2.16. The summed E-state index contributed by atoms with van der Waals surface area (Å²) < 4.78 is 10.9. The Kier molecular flexibility index (Phi) is 2.38. The topological polar surface area (TPSA) is 72.6 Å². The maximum Gasteiger partial charge on any atom is 0.358 e. The number of rotatable bonds is 2. The van der Waals surface area contributed by atoms with Gasteiger partial charge < -0.3 is 14.4 Å². The fourth-order valence-corrected chi connectivity index (χ4v) is 2.25. The van der Waals surface area contributed by atoms with Gasteiger partial charge in [0.2, 0.25) is 0 Å². The number of benzene rings is 1. The van der Waals surface area contributed by atoms with Crippen LogP contribution in [-0.4, -0.2) is 21.8 Å². The van der Waals surface area contributed by atoms with Gasteiger partial charge in [0.1, 0.15) is 11.4 Å². The number of fused-ring (bicyclic) bond motifs is 1. The number of ether oxygens (including phenoxy) is 1. The highest BCUT2D eigenvalue weighted by molar-refractivity contribution is 5.86. The summed E-state index contributed by atoms with van der Waals surface area (Å²) in [6, 6.07) is 7.12. The number of hydrogen-bond acceptors (Lipinski definition) is 4. The lowest BCUT2D eigenvalue weighted by molar-refractivity contribution is 0.0685. The Morgan fingerprint density at radius 3 is 2.84 bits per heavy atom. The summed E-state index contributed by atoms with van der Waals surface area (Å²) in [6.45, 7) is 4.06. The van der Waals surface area contributed by atoms with E-state index in [1.54, 1.807) is 0 Å². The van der Waals surface area contributed by atoms with Gasteiger partial charge in [-0.1, -0.05) is 17.3 Å². The van der Waals surface area contributed by atoms with E-state index in [2.05, 4.69) is 5.16 Å². The summed E-state index contributed by atoms with van der Waals surface area (Å²) in [4.78, 5) is 10.8. The predicted octanol–water partition coefficient (Wildman–Crippen LogP) is 2.75. The van der Waals surface area contributed by atoms with E-state index in [0.717, 1.165) is 23.3 Å². The van der Waals surface area contributed by atoms with Crippen LogP contribution >= 0.6 is 0 Å². The van der Waals surface area contributed by atoms with E-state index in [-0.39, 0.29) is 11.3 Å². The normalized spacial score (nSPS) is 15.9. The molecule has 19 heavy (non-hydrogen) atoms. The van der Waals surface area contributed by atoms with Gasteiger partial charge in [0, 0.05) is 18.1 Å². The summed E-state index contributed by atoms with van der Waals surface area (Å²) in [5.41, 5.74) is 1.61. The maximum atomic E-state index is 10.8. The van der Waals surface area contributed by atoms with Crippen LogP contribution in [0.15, 0.2) is 28.8 Å². The van der Waals surface area contributed by atoms with Crippen LogP contribution in [0.5, 0.6) is 5.75 Å². The smallest absolute Gasteiger partial charge is 0.358 e. The summed E-state index contributed by atoms with van der Waals surface area (Å²) in [5.74, 6) is 0.137. The molecule has 1 aromatic heterocycles. The van der Waals surface area contributed by atoms with Crippen LogP contribution in [0.4, 0.5) is 0 Å². The van der Waals surface area contributed by atoms with Crippen LogP contribution in [0, 0.1) is 0 Å². The van der Waals surface area contributed by atoms with E-state index >= 15 is 0 Å². The molecule has 0 spiro atoms. The third kappa shape index (κ3) is 2.07. The molecule has 1 aromatic carbocycles. The molecule has 0 saturated carbocycles. The highest BCUT2D eigenvalue weighted by atomic mass is 16.5. The Bertz CT molecular complexity index is 657. The first kappa shape index (κ1) is 11.8. The standard InChI is InChI=1S/C14H13NO4/c1-14(2)7-9-4-3-8(5-11(9)18-14)12-6-10(13(16)17)15-19-12/h3-6H,7H2,1-2H3,(H,16,17). The number of nitrogens with zero attached hydrogens (tertiary/aromatic N) is 1. The molecule has 1 aliphatic rings. The second kappa shape index (κ2) is 3.85. The van der Waals surface area contributed by atoms with Crippen molar-refractivity contribution >= 4 is 5.97 Å². The van der Waals surface area contributed by atoms with Crippen LogP contribution in [0.2, 0.25) is 0 Å². The minimum Gasteiger partial charge on any atom is -0.487 e. The average molecular weight is 259 g/mol. The lowest BCUT2D eigenvalue weighted by atomic mass is 10.0. The van der Waals surface area contributed by atoms with Gasteiger partial charge in [-0.05, 0) is 25.5 Å². The molecule has 98 valence electrons. The number of hydrogen-bond donors (Lipinski definition) is 1. The Labute approximate surface area is 109 Å². The van der Waals surface area contributed by atoms with Crippen molar-refractivity contribution in [1.29, 1.82) is 0 Å². The van der Waals surface area contributed by atoms with E-state index in [9.17, 15) is 4.79 Å². The van der Waals surface area contributed by atoms with Crippen LogP contribution in [0.1, 0.15) is 29.9 Å². The molecule has 0 atom stereocenters. The van der Waals surface area contributed by atoms with E-state index in [4.69, 9.17) is 14.4 Å². The van der Waals surface area contributed by atoms with Crippen LogP contribution < -0.4 is 4.74 Å². The fourth-order valence-electron chi connectivity index (χ4n) is 2.25. The van der Waals surface area contributed by atoms with Crippen molar-refractivity contribution in [2.75, 3.05) is 0 Å². The monoisotopic (exact) mass is 259 g/mol. The lowest BCUT2D eigenvalue weighted by Crippen LogP contribution is -2.24. The maximum absolute atomic E-state index is 10.8. The van der Waals surface area contributed by atoms with Crippen molar-refractivity contribution in [2.24, 2.45) is 0 Å². The van der Waals surface area contributed by atoms with E-state index in [1.807, 2.05) is 32.0 Å². The van der Waals surface area contributed by atoms with Gasteiger partial charge in [-0.15, -0.1) is 0 Å². The molecule has 0 aliphatic carbocycles. The van der Waals surface area contributed by atoms with Gasteiger partial charge in [-0.2, -0.15) is 0 Å². The highest BCUT2D eigenvalue weighted by Crippen LogP contribution is 2.37. The second-order valence-corrected chi connectivity index (χ2v) is 5.24. The van der Waals surface area contributed by atoms with Crippen molar-refractivity contribution in [2.45, 2.75) is 25.9 Å². The summed E-state index contributed by atoms with van der Waals surface area (Å²) in [5, 5.41) is 12.3. The van der Waals surface area contributed by atoms with Gasteiger partial charge in [-0.25, -0.2) is 4.79 Å². The highest BCUT2D eigenvalue weighted by Gasteiger charge is 2.30. The average Bonchev–Trinajstić information content (AvgIpc) is 2.89. The molecule has 2 heterocycles. The Balaban J connectivity index is 1.97. The van der Waals surface area contributed by atoms with Crippen LogP contribution in [0.3, 0.4) is 0 Å². The Morgan fingerprint density at radius 1 is 1.37 bits per heavy atom. The first-order chi connectivity index (χ1) is 8.94. The van der Waals surface area contributed by atoms with E-state index in [0.29, 0.717) is 5.76 Å². The molecular formula is C14H13NO4. The fraction of sp³-hybridized carbons (Fsp3) is 0.286. The van der Waals surface area contributed by atoms with Crippen molar-refractivity contribution in [3.8, 4) is 17.1 Å². The number of carboxylic acid groups (broad SMARTS) is 1. The molecule has 0 unspecified atom stereocenters. The second-order valence-electron chi connectivity index (χ2n) is 5.24. The Morgan fingerprint density at radius 2 is 2.16 bits per heavy atom. The minimum absolute atomic E-state index is 0.100. The SMILES string of the molecule is CC1(C)Cc2ccc(-c3cc(C(=O)O)no3)cc2O1. The largest absolute Gasteiger partial charge is 0.487 e. The molecule has 1 N–H and O–H groups in total. The molecule has 5 nitrogen and oxygen atoms in total. The molecule has 2 aromatic rings. The molecule has 0 saturated heterocycles.